The Balaban J connectivity index is 2.15. The molecule has 0 spiro atoms. The predicted octanol–water partition coefficient (Wildman–Crippen LogP) is 1.23. The molecule has 0 unspecified atom stereocenters. The van der Waals surface area contributed by atoms with E-state index in [4.69, 9.17) is 0 Å². The van der Waals surface area contributed by atoms with E-state index in [9.17, 15) is 9.90 Å². The first-order chi connectivity index (χ1) is 11.3. The molecule has 2 rings (SSSR count). The number of amides is 1. The largest absolute Gasteiger partial charge is 0.396 e. The number of carbonyl (C=O) groups is 1. The third-order valence-electron chi connectivity index (χ3n) is 4.43. The van der Waals surface area contributed by atoms with E-state index in [0.29, 0.717) is 36.4 Å². The first kappa shape index (κ1) is 18.8. The van der Waals surface area contributed by atoms with E-state index in [1.54, 1.807) is 0 Å². The third-order valence-corrected chi connectivity index (χ3v) is 4.43. The summed E-state index contributed by atoms with van der Waals surface area (Å²) >= 11 is 0. The molecule has 1 saturated heterocycles. The van der Waals surface area contributed by atoms with Crippen molar-refractivity contribution in [3.05, 3.63) is 23.3 Å². The molecule has 2 heterocycles. The SMILES string of the molecule is Cc1nc(CC(C)C)cc(C(=O)N2C[C@@H](CN(C)C)[C@@H](CO)C2)n1. The first-order valence-corrected chi connectivity index (χ1v) is 8.69. The molecule has 6 nitrogen and oxygen atoms in total. The number of likely N-dealkylation sites (tertiary alicyclic amines) is 1. The van der Waals surface area contributed by atoms with Gasteiger partial charge in [-0.05, 0) is 45.3 Å². The Hall–Kier alpha value is -1.53. The fourth-order valence-electron chi connectivity index (χ4n) is 3.41. The van der Waals surface area contributed by atoms with E-state index in [1.165, 1.54) is 0 Å². The molecular weight excluding hydrogens is 304 g/mol. The highest BCUT2D eigenvalue weighted by Crippen LogP contribution is 2.25. The summed E-state index contributed by atoms with van der Waals surface area (Å²) in [5.74, 6) is 1.50. The zero-order valence-corrected chi connectivity index (χ0v) is 15.5. The molecule has 0 saturated carbocycles. The van der Waals surface area contributed by atoms with Crippen LogP contribution in [0.2, 0.25) is 0 Å². The van der Waals surface area contributed by atoms with Crippen LogP contribution in [0.1, 0.15) is 35.9 Å². The Bertz CT molecular complexity index is 574. The van der Waals surface area contributed by atoms with Crippen LogP contribution in [0.4, 0.5) is 0 Å². The van der Waals surface area contributed by atoms with Gasteiger partial charge in [-0.1, -0.05) is 13.8 Å². The fourth-order valence-corrected chi connectivity index (χ4v) is 3.41. The van der Waals surface area contributed by atoms with Crippen molar-refractivity contribution in [1.29, 1.82) is 0 Å². The monoisotopic (exact) mass is 334 g/mol. The molecule has 1 fully saturated rings. The number of aliphatic hydroxyl groups excluding tert-OH is 1. The second-order valence-electron chi connectivity index (χ2n) is 7.56. The topological polar surface area (TPSA) is 69.6 Å². The molecule has 0 bridgehead atoms. The normalized spacial score (nSPS) is 21.1. The summed E-state index contributed by atoms with van der Waals surface area (Å²) in [6.45, 7) is 8.35. The third kappa shape index (κ3) is 4.74. The fraction of sp³-hybridized carbons (Fsp3) is 0.722. The van der Waals surface area contributed by atoms with Gasteiger partial charge in [0.15, 0.2) is 0 Å². The van der Waals surface area contributed by atoms with Gasteiger partial charge in [0.2, 0.25) is 0 Å². The number of hydrogen-bond acceptors (Lipinski definition) is 5. The summed E-state index contributed by atoms with van der Waals surface area (Å²) in [6, 6.07) is 1.82. The lowest BCUT2D eigenvalue weighted by molar-refractivity contribution is 0.0773. The van der Waals surface area contributed by atoms with Crippen molar-refractivity contribution in [2.75, 3.05) is 40.3 Å². The second kappa shape index (κ2) is 8.03. The van der Waals surface area contributed by atoms with Crippen LogP contribution in [-0.2, 0) is 6.42 Å². The standard InChI is InChI=1S/C18H30N4O2/c1-12(2)6-16-7-17(20-13(3)19-16)18(24)22-9-14(8-21(4)5)15(10-22)11-23/h7,12,14-15,23H,6,8-11H2,1-5H3/t14-,15-/m1/s1. The van der Waals surface area contributed by atoms with Crippen LogP contribution in [0.3, 0.4) is 0 Å². The Morgan fingerprint density at radius 1 is 1.33 bits per heavy atom. The minimum absolute atomic E-state index is 0.0507. The van der Waals surface area contributed by atoms with Gasteiger partial charge < -0.3 is 14.9 Å². The van der Waals surface area contributed by atoms with Crippen LogP contribution in [0.25, 0.3) is 0 Å². The van der Waals surface area contributed by atoms with Gasteiger partial charge in [-0.2, -0.15) is 0 Å². The maximum atomic E-state index is 12.9. The smallest absolute Gasteiger partial charge is 0.272 e. The van der Waals surface area contributed by atoms with Crippen LogP contribution in [-0.4, -0.2) is 71.1 Å². The lowest BCUT2D eigenvalue weighted by Gasteiger charge is -2.20. The Morgan fingerprint density at radius 2 is 2.00 bits per heavy atom. The molecule has 1 aliphatic rings. The highest BCUT2D eigenvalue weighted by molar-refractivity contribution is 5.92. The molecule has 6 heteroatoms. The Morgan fingerprint density at radius 3 is 2.58 bits per heavy atom. The summed E-state index contributed by atoms with van der Waals surface area (Å²) in [5, 5.41) is 9.62. The number of rotatable bonds is 6. The number of aliphatic hydroxyl groups is 1. The molecular formula is C18H30N4O2. The van der Waals surface area contributed by atoms with E-state index in [2.05, 4.69) is 28.7 Å². The molecule has 0 radical (unpaired) electrons. The molecule has 24 heavy (non-hydrogen) atoms. The van der Waals surface area contributed by atoms with Crippen molar-refractivity contribution in [1.82, 2.24) is 19.8 Å². The van der Waals surface area contributed by atoms with E-state index in [1.807, 2.05) is 32.0 Å². The predicted molar refractivity (Wildman–Crippen MR) is 93.8 cm³/mol. The van der Waals surface area contributed by atoms with E-state index in [-0.39, 0.29) is 18.4 Å². The first-order valence-electron chi connectivity index (χ1n) is 8.69. The summed E-state index contributed by atoms with van der Waals surface area (Å²) in [4.78, 5) is 25.6. The van der Waals surface area contributed by atoms with Gasteiger partial charge in [0.05, 0.1) is 0 Å². The van der Waals surface area contributed by atoms with E-state index in [0.717, 1.165) is 18.7 Å². The number of nitrogens with zero attached hydrogens (tertiary/aromatic N) is 4. The van der Waals surface area contributed by atoms with Crippen molar-refractivity contribution in [3.8, 4) is 0 Å². The van der Waals surface area contributed by atoms with E-state index >= 15 is 0 Å². The lowest BCUT2D eigenvalue weighted by Crippen LogP contribution is -2.31. The van der Waals surface area contributed by atoms with Gasteiger partial charge in [0.1, 0.15) is 11.5 Å². The van der Waals surface area contributed by atoms with Crippen LogP contribution in [0.5, 0.6) is 0 Å². The van der Waals surface area contributed by atoms with Crippen molar-refractivity contribution < 1.29 is 9.90 Å². The van der Waals surface area contributed by atoms with Gasteiger partial charge in [0.25, 0.3) is 5.91 Å². The minimum Gasteiger partial charge on any atom is -0.396 e. The Kier molecular flexibility index (Phi) is 6.29. The number of carbonyl (C=O) groups excluding carboxylic acids is 1. The van der Waals surface area contributed by atoms with Gasteiger partial charge in [-0.15, -0.1) is 0 Å². The molecule has 1 aromatic heterocycles. The number of aromatic nitrogens is 2. The maximum absolute atomic E-state index is 12.9. The molecule has 0 aromatic carbocycles. The maximum Gasteiger partial charge on any atom is 0.272 e. The highest BCUT2D eigenvalue weighted by Gasteiger charge is 2.35. The second-order valence-corrected chi connectivity index (χ2v) is 7.56. The van der Waals surface area contributed by atoms with Crippen LogP contribution >= 0.6 is 0 Å². The van der Waals surface area contributed by atoms with E-state index < -0.39 is 0 Å². The summed E-state index contributed by atoms with van der Waals surface area (Å²) < 4.78 is 0. The quantitative estimate of drug-likeness (QED) is 0.847. The average Bonchev–Trinajstić information content (AvgIpc) is 2.87. The van der Waals surface area contributed by atoms with Crippen molar-refractivity contribution in [2.24, 2.45) is 17.8 Å². The molecule has 0 aliphatic carbocycles. The summed E-state index contributed by atoms with van der Waals surface area (Å²) in [7, 11) is 4.04. The van der Waals surface area contributed by atoms with Crippen LogP contribution < -0.4 is 0 Å². The van der Waals surface area contributed by atoms with Crippen LogP contribution in [0.15, 0.2) is 6.07 Å². The van der Waals surface area contributed by atoms with Gasteiger partial charge in [-0.25, -0.2) is 9.97 Å². The molecule has 1 amide bonds. The molecule has 134 valence electrons. The molecule has 2 atom stereocenters. The van der Waals surface area contributed by atoms with Gasteiger partial charge in [-0.3, -0.25) is 4.79 Å². The Labute approximate surface area is 144 Å². The lowest BCUT2D eigenvalue weighted by atomic mass is 9.97. The van der Waals surface area contributed by atoms with Crippen LogP contribution in [0, 0.1) is 24.7 Å². The van der Waals surface area contributed by atoms with Crippen molar-refractivity contribution in [3.63, 3.8) is 0 Å². The minimum atomic E-state index is -0.0507. The molecule has 1 N–H and O–H groups in total. The zero-order valence-electron chi connectivity index (χ0n) is 15.5. The highest BCUT2D eigenvalue weighted by atomic mass is 16.3. The van der Waals surface area contributed by atoms with Crippen molar-refractivity contribution >= 4 is 5.91 Å². The van der Waals surface area contributed by atoms with Crippen molar-refractivity contribution in [2.45, 2.75) is 27.2 Å². The summed E-state index contributed by atoms with van der Waals surface area (Å²) in [5.41, 5.74) is 1.39. The molecule has 1 aromatic rings. The summed E-state index contributed by atoms with van der Waals surface area (Å²) in [6.07, 6.45) is 0.839. The van der Waals surface area contributed by atoms with Gasteiger partial charge >= 0.3 is 0 Å². The number of aryl methyl sites for hydroxylation is 1. The van der Waals surface area contributed by atoms with Gasteiger partial charge in [0, 0.05) is 37.9 Å². The number of hydrogen-bond donors (Lipinski definition) is 1. The average molecular weight is 334 g/mol. The molecule has 1 aliphatic heterocycles. The zero-order chi connectivity index (χ0) is 17.9.